The molecule has 0 fully saturated rings. The molecule has 0 saturated carbocycles. The molecular weight excluding hydrogens is 375 g/mol. The number of nitrogens with zero attached hydrogens (tertiary/aromatic N) is 2. The van der Waals surface area contributed by atoms with Crippen LogP contribution in [0.5, 0.6) is 0 Å². The first-order chi connectivity index (χ1) is 14.0. The first kappa shape index (κ1) is 20.2. The molecule has 0 aliphatic heterocycles. The summed E-state index contributed by atoms with van der Waals surface area (Å²) in [5, 5.41) is 10.9. The van der Waals surface area contributed by atoms with E-state index in [9.17, 15) is 14.0 Å². The zero-order valence-corrected chi connectivity index (χ0v) is 15.9. The van der Waals surface area contributed by atoms with Gasteiger partial charge in [-0.15, -0.1) is 10.2 Å². The number of unbranched alkanes of at least 4 members (excludes halogenated alkanes) is 1. The van der Waals surface area contributed by atoms with Crippen molar-refractivity contribution in [3.05, 3.63) is 81.5 Å². The Kier molecular flexibility index (Phi) is 6.67. The lowest BCUT2D eigenvalue weighted by atomic mass is 10.1. The number of nitrogens with one attached hydrogen (secondary N) is 2. The Bertz CT molecular complexity index is 1030. The molecule has 2 N–H and O–H groups in total. The van der Waals surface area contributed by atoms with Crippen molar-refractivity contribution >= 4 is 17.6 Å². The van der Waals surface area contributed by atoms with E-state index in [4.69, 9.17) is 4.74 Å². The van der Waals surface area contributed by atoms with Crippen molar-refractivity contribution in [2.75, 3.05) is 11.9 Å². The summed E-state index contributed by atoms with van der Waals surface area (Å²) in [5.41, 5.74) is 1.53. The first-order valence-corrected chi connectivity index (χ1v) is 9.29. The van der Waals surface area contributed by atoms with Gasteiger partial charge in [0.15, 0.2) is 0 Å². The van der Waals surface area contributed by atoms with Gasteiger partial charge in [0, 0.05) is 12.1 Å². The third kappa shape index (κ3) is 5.71. The lowest BCUT2D eigenvalue weighted by Gasteiger charge is -2.08. The van der Waals surface area contributed by atoms with Crippen molar-refractivity contribution in [3.63, 3.8) is 0 Å². The maximum atomic E-state index is 13.0. The molecule has 0 radical (unpaired) electrons. The van der Waals surface area contributed by atoms with Crippen LogP contribution in [0.4, 0.5) is 16.0 Å². The van der Waals surface area contributed by atoms with Crippen molar-refractivity contribution in [2.24, 2.45) is 0 Å². The quantitative estimate of drug-likeness (QED) is 0.446. The number of H-pyrrole nitrogens is 1. The number of halogens is 1. The monoisotopic (exact) mass is 396 g/mol. The highest BCUT2D eigenvalue weighted by Crippen LogP contribution is 2.15. The summed E-state index contributed by atoms with van der Waals surface area (Å²) in [6, 6.07) is 12.5. The van der Waals surface area contributed by atoms with Crippen molar-refractivity contribution in [3.8, 4) is 0 Å². The van der Waals surface area contributed by atoms with Crippen LogP contribution >= 0.6 is 0 Å². The predicted octanol–water partition coefficient (Wildman–Crippen LogP) is 3.60. The molecular formula is C21H21FN4O3. The first-order valence-electron chi connectivity index (χ1n) is 9.29. The van der Waals surface area contributed by atoms with Crippen LogP contribution in [0.1, 0.15) is 41.4 Å². The maximum absolute atomic E-state index is 13.0. The Morgan fingerprint density at radius 2 is 1.97 bits per heavy atom. The number of anilines is 2. The summed E-state index contributed by atoms with van der Waals surface area (Å²) in [6.45, 7) is 2.40. The van der Waals surface area contributed by atoms with Gasteiger partial charge in [-0.1, -0.05) is 31.5 Å². The van der Waals surface area contributed by atoms with Crippen molar-refractivity contribution in [1.82, 2.24) is 15.2 Å². The maximum Gasteiger partial charge on any atom is 0.338 e. The predicted molar refractivity (Wildman–Crippen MR) is 107 cm³/mol. The molecule has 7 nitrogen and oxygen atoms in total. The van der Waals surface area contributed by atoms with Crippen LogP contribution < -0.4 is 10.9 Å². The molecule has 0 amide bonds. The Labute approximate surface area is 167 Å². The molecule has 0 saturated heterocycles. The van der Waals surface area contributed by atoms with Crippen molar-refractivity contribution in [2.45, 2.75) is 26.2 Å². The van der Waals surface area contributed by atoms with E-state index in [1.807, 2.05) is 6.92 Å². The molecule has 0 aliphatic rings. The minimum absolute atomic E-state index is 0.148. The smallest absolute Gasteiger partial charge is 0.338 e. The number of aromatic nitrogens is 3. The number of carbonyl (C=O) groups excluding carboxylic acids is 1. The van der Waals surface area contributed by atoms with Gasteiger partial charge in [0.05, 0.1) is 12.2 Å². The number of hydrogen-bond acceptors (Lipinski definition) is 6. The average molecular weight is 396 g/mol. The zero-order chi connectivity index (χ0) is 20.6. The van der Waals surface area contributed by atoms with Gasteiger partial charge in [-0.05, 0) is 42.3 Å². The molecule has 8 heteroatoms. The summed E-state index contributed by atoms with van der Waals surface area (Å²) in [6.07, 6.45) is 1.99. The molecule has 0 atom stereocenters. The lowest BCUT2D eigenvalue weighted by molar-refractivity contribution is 0.0500. The van der Waals surface area contributed by atoms with E-state index in [0.717, 1.165) is 18.4 Å². The van der Waals surface area contributed by atoms with Gasteiger partial charge in [-0.3, -0.25) is 9.78 Å². The molecule has 1 heterocycles. The van der Waals surface area contributed by atoms with E-state index in [2.05, 4.69) is 20.5 Å². The third-order valence-electron chi connectivity index (χ3n) is 4.14. The second-order valence-electron chi connectivity index (χ2n) is 6.45. The molecule has 3 aromatic rings. The Balaban J connectivity index is 1.68. The van der Waals surface area contributed by atoms with E-state index >= 15 is 0 Å². The minimum atomic E-state index is -0.406. The topological polar surface area (TPSA) is 97.0 Å². The van der Waals surface area contributed by atoms with Gasteiger partial charge in [-0.2, -0.15) is 0 Å². The standard InChI is InChI=1S/C21H21FN4O3/c1-2-3-11-29-20(28)15-5-4-6-17(13-15)23-21-24-19(27)18(25-26-21)12-14-7-9-16(22)10-8-14/h4-10,13H,2-3,11-12H2,1H3,(H2,23,24,26,27). The second-order valence-corrected chi connectivity index (χ2v) is 6.45. The second kappa shape index (κ2) is 9.59. The lowest BCUT2D eigenvalue weighted by Crippen LogP contribution is -2.19. The summed E-state index contributed by atoms with van der Waals surface area (Å²) in [5.74, 6) is -0.601. The molecule has 0 unspecified atom stereocenters. The summed E-state index contributed by atoms with van der Waals surface area (Å²) >= 11 is 0. The van der Waals surface area contributed by atoms with Crippen molar-refractivity contribution < 1.29 is 13.9 Å². The normalized spacial score (nSPS) is 10.6. The third-order valence-corrected chi connectivity index (χ3v) is 4.14. The van der Waals surface area contributed by atoms with Gasteiger partial charge in [0.2, 0.25) is 5.95 Å². The van der Waals surface area contributed by atoms with Gasteiger partial charge in [-0.25, -0.2) is 9.18 Å². The van der Waals surface area contributed by atoms with Crippen LogP contribution in [-0.4, -0.2) is 27.8 Å². The van der Waals surface area contributed by atoms with Crippen LogP contribution in [-0.2, 0) is 11.2 Å². The number of benzene rings is 2. The molecule has 0 aliphatic carbocycles. The van der Waals surface area contributed by atoms with Crippen LogP contribution in [0.2, 0.25) is 0 Å². The number of rotatable bonds is 8. The van der Waals surface area contributed by atoms with Gasteiger partial charge < -0.3 is 10.1 Å². The molecule has 150 valence electrons. The number of ether oxygens (including phenoxy) is 1. The number of aromatic amines is 1. The van der Waals surface area contributed by atoms with Crippen LogP contribution in [0, 0.1) is 5.82 Å². The van der Waals surface area contributed by atoms with E-state index in [0.29, 0.717) is 17.9 Å². The largest absolute Gasteiger partial charge is 0.462 e. The van der Waals surface area contributed by atoms with Gasteiger partial charge in [0.25, 0.3) is 5.56 Å². The highest BCUT2D eigenvalue weighted by atomic mass is 19.1. The number of esters is 1. The minimum Gasteiger partial charge on any atom is -0.462 e. The molecule has 0 bridgehead atoms. The fourth-order valence-corrected chi connectivity index (χ4v) is 2.58. The Hall–Kier alpha value is -3.55. The highest BCUT2D eigenvalue weighted by molar-refractivity contribution is 5.90. The van der Waals surface area contributed by atoms with E-state index < -0.39 is 11.5 Å². The fourth-order valence-electron chi connectivity index (χ4n) is 2.58. The molecule has 1 aromatic heterocycles. The molecule has 29 heavy (non-hydrogen) atoms. The Morgan fingerprint density at radius 1 is 1.17 bits per heavy atom. The SMILES string of the molecule is CCCCOC(=O)c1cccc(Nc2nnc(Cc3ccc(F)cc3)c(=O)[nH]2)c1. The Morgan fingerprint density at radius 3 is 2.69 bits per heavy atom. The molecule has 0 spiro atoms. The summed E-state index contributed by atoms with van der Waals surface area (Å²) in [7, 11) is 0. The fraction of sp³-hybridized carbons (Fsp3) is 0.238. The van der Waals surface area contributed by atoms with E-state index in [-0.39, 0.29) is 23.9 Å². The zero-order valence-electron chi connectivity index (χ0n) is 15.9. The van der Waals surface area contributed by atoms with E-state index in [1.54, 1.807) is 36.4 Å². The average Bonchev–Trinajstić information content (AvgIpc) is 2.72. The van der Waals surface area contributed by atoms with Gasteiger partial charge >= 0.3 is 5.97 Å². The summed E-state index contributed by atoms with van der Waals surface area (Å²) in [4.78, 5) is 27.0. The highest BCUT2D eigenvalue weighted by Gasteiger charge is 2.10. The van der Waals surface area contributed by atoms with Crippen molar-refractivity contribution in [1.29, 1.82) is 0 Å². The van der Waals surface area contributed by atoms with E-state index in [1.165, 1.54) is 12.1 Å². The molecule has 3 rings (SSSR count). The number of hydrogen-bond donors (Lipinski definition) is 2. The number of carbonyl (C=O) groups is 1. The van der Waals surface area contributed by atoms with Crippen LogP contribution in [0.3, 0.4) is 0 Å². The summed E-state index contributed by atoms with van der Waals surface area (Å²) < 4.78 is 18.2. The molecule has 2 aromatic carbocycles. The van der Waals surface area contributed by atoms with Gasteiger partial charge in [0.1, 0.15) is 11.5 Å². The van der Waals surface area contributed by atoms with Crippen LogP contribution in [0.15, 0.2) is 53.3 Å². The van der Waals surface area contributed by atoms with Crippen LogP contribution in [0.25, 0.3) is 0 Å².